The van der Waals surface area contributed by atoms with Crippen LogP contribution >= 0.6 is 0 Å². The lowest BCUT2D eigenvalue weighted by Crippen LogP contribution is -2.32. The van der Waals surface area contributed by atoms with Crippen molar-refractivity contribution in [1.82, 2.24) is 9.88 Å². The van der Waals surface area contributed by atoms with E-state index in [4.69, 9.17) is 5.73 Å². The Hall–Kier alpha value is -1.29. The van der Waals surface area contributed by atoms with Crippen molar-refractivity contribution in [3.63, 3.8) is 0 Å². The fourth-order valence-electron chi connectivity index (χ4n) is 2.58. The minimum absolute atomic E-state index is 0.759. The van der Waals surface area contributed by atoms with Gasteiger partial charge in [0.05, 0.1) is 11.4 Å². The van der Waals surface area contributed by atoms with Crippen molar-refractivity contribution in [2.75, 3.05) is 37.7 Å². The Kier molecular flexibility index (Phi) is 4.42. The SMILES string of the molecule is Cc1nc(NCCC2CCCN(C)C2)ccc1N. The third-order valence-electron chi connectivity index (χ3n) is 3.71. The summed E-state index contributed by atoms with van der Waals surface area (Å²) in [6, 6.07) is 3.87. The smallest absolute Gasteiger partial charge is 0.126 e. The van der Waals surface area contributed by atoms with E-state index in [2.05, 4.69) is 22.2 Å². The highest BCUT2D eigenvalue weighted by Crippen LogP contribution is 2.18. The fourth-order valence-corrected chi connectivity index (χ4v) is 2.58. The van der Waals surface area contributed by atoms with E-state index in [9.17, 15) is 0 Å². The highest BCUT2D eigenvalue weighted by molar-refractivity contribution is 5.48. The zero-order valence-electron chi connectivity index (χ0n) is 11.4. The second-order valence-electron chi connectivity index (χ2n) is 5.36. The van der Waals surface area contributed by atoms with Gasteiger partial charge in [-0.15, -0.1) is 0 Å². The maximum Gasteiger partial charge on any atom is 0.126 e. The van der Waals surface area contributed by atoms with Crippen molar-refractivity contribution < 1.29 is 0 Å². The van der Waals surface area contributed by atoms with Gasteiger partial charge < -0.3 is 16.0 Å². The van der Waals surface area contributed by atoms with Gasteiger partial charge in [0.15, 0.2) is 0 Å². The molecule has 18 heavy (non-hydrogen) atoms. The van der Waals surface area contributed by atoms with E-state index >= 15 is 0 Å². The molecule has 4 nitrogen and oxygen atoms in total. The lowest BCUT2D eigenvalue weighted by molar-refractivity contribution is 0.205. The minimum Gasteiger partial charge on any atom is -0.397 e. The number of anilines is 2. The van der Waals surface area contributed by atoms with Crippen LogP contribution in [0.5, 0.6) is 0 Å². The number of rotatable bonds is 4. The summed E-state index contributed by atoms with van der Waals surface area (Å²) in [5.74, 6) is 1.76. The van der Waals surface area contributed by atoms with Crippen LogP contribution in [0.15, 0.2) is 12.1 Å². The van der Waals surface area contributed by atoms with Gasteiger partial charge in [0, 0.05) is 13.1 Å². The maximum atomic E-state index is 5.75. The number of nitrogen functional groups attached to an aromatic ring is 1. The molecule has 2 rings (SSSR count). The van der Waals surface area contributed by atoms with E-state index in [1.54, 1.807) is 0 Å². The summed E-state index contributed by atoms with van der Waals surface area (Å²) >= 11 is 0. The van der Waals surface area contributed by atoms with Gasteiger partial charge in [-0.1, -0.05) is 0 Å². The Morgan fingerprint density at radius 1 is 1.50 bits per heavy atom. The van der Waals surface area contributed by atoms with Crippen molar-refractivity contribution >= 4 is 11.5 Å². The monoisotopic (exact) mass is 248 g/mol. The highest BCUT2D eigenvalue weighted by atomic mass is 15.1. The van der Waals surface area contributed by atoms with Gasteiger partial charge in [0.1, 0.15) is 5.82 Å². The molecule has 100 valence electrons. The van der Waals surface area contributed by atoms with Crippen LogP contribution < -0.4 is 11.1 Å². The summed E-state index contributed by atoms with van der Waals surface area (Å²) in [5.41, 5.74) is 7.41. The van der Waals surface area contributed by atoms with Crippen LogP contribution in [0.25, 0.3) is 0 Å². The van der Waals surface area contributed by atoms with Crippen molar-refractivity contribution in [3.05, 3.63) is 17.8 Å². The van der Waals surface area contributed by atoms with Crippen LogP contribution in [-0.2, 0) is 0 Å². The van der Waals surface area contributed by atoms with E-state index in [1.165, 1.54) is 32.4 Å². The topological polar surface area (TPSA) is 54.2 Å². The standard InChI is InChI=1S/C14H24N4/c1-11-13(15)5-6-14(17-11)16-8-7-12-4-3-9-18(2)10-12/h5-6,12H,3-4,7-10,15H2,1-2H3,(H,16,17). The Morgan fingerprint density at radius 3 is 3.06 bits per heavy atom. The van der Waals surface area contributed by atoms with Crippen LogP contribution in [-0.4, -0.2) is 36.6 Å². The predicted molar refractivity (Wildman–Crippen MR) is 76.7 cm³/mol. The molecule has 1 fully saturated rings. The van der Waals surface area contributed by atoms with Gasteiger partial charge in [-0.2, -0.15) is 0 Å². The summed E-state index contributed by atoms with van der Waals surface area (Å²) in [6.07, 6.45) is 3.91. The Bertz CT molecular complexity index is 391. The van der Waals surface area contributed by atoms with E-state index < -0.39 is 0 Å². The van der Waals surface area contributed by atoms with Gasteiger partial charge in [-0.25, -0.2) is 4.98 Å². The first-order valence-corrected chi connectivity index (χ1v) is 6.80. The van der Waals surface area contributed by atoms with E-state index in [1.807, 2.05) is 19.1 Å². The lowest BCUT2D eigenvalue weighted by Gasteiger charge is -2.29. The van der Waals surface area contributed by atoms with Gasteiger partial charge in [-0.05, 0) is 57.8 Å². The zero-order chi connectivity index (χ0) is 13.0. The second kappa shape index (κ2) is 6.05. The van der Waals surface area contributed by atoms with Gasteiger partial charge in [-0.3, -0.25) is 0 Å². The van der Waals surface area contributed by atoms with E-state index in [-0.39, 0.29) is 0 Å². The van der Waals surface area contributed by atoms with Crippen LogP contribution in [0.4, 0.5) is 11.5 Å². The zero-order valence-corrected chi connectivity index (χ0v) is 11.4. The van der Waals surface area contributed by atoms with Crippen LogP contribution in [0.1, 0.15) is 25.0 Å². The van der Waals surface area contributed by atoms with Crippen molar-refractivity contribution in [3.8, 4) is 0 Å². The maximum absolute atomic E-state index is 5.75. The van der Waals surface area contributed by atoms with Gasteiger partial charge >= 0.3 is 0 Å². The van der Waals surface area contributed by atoms with Gasteiger partial charge in [0.25, 0.3) is 0 Å². The molecule has 0 saturated carbocycles. The molecule has 1 unspecified atom stereocenters. The number of pyridine rings is 1. The fraction of sp³-hybridized carbons (Fsp3) is 0.643. The molecule has 1 aromatic heterocycles. The average Bonchev–Trinajstić information content (AvgIpc) is 2.34. The van der Waals surface area contributed by atoms with Crippen LogP contribution in [0, 0.1) is 12.8 Å². The Balaban J connectivity index is 1.76. The molecule has 1 aliphatic rings. The molecule has 0 radical (unpaired) electrons. The number of likely N-dealkylation sites (tertiary alicyclic amines) is 1. The number of aryl methyl sites for hydroxylation is 1. The molecule has 1 aliphatic heterocycles. The van der Waals surface area contributed by atoms with E-state index in [0.29, 0.717) is 0 Å². The Labute approximate surface area is 110 Å². The molecule has 0 aliphatic carbocycles. The molecule has 1 aromatic rings. The number of nitrogens with two attached hydrogens (primary N) is 1. The normalized spacial score (nSPS) is 20.9. The first kappa shape index (κ1) is 13.1. The first-order chi connectivity index (χ1) is 8.65. The molecular formula is C14H24N4. The summed E-state index contributed by atoms with van der Waals surface area (Å²) in [4.78, 5) is 6.85. The number of piperidine rings is 1. The van der Waals surface area contributed by atoms with Crippen LogP contribution in [0.3, 0.4) is 0 Å². The molecule has 1 saturated heterocycles. The molecule has 2 heterocycles. The quantitative estimate of drug-likeness (QED) is 0.857. The summed E-state index contributed by atoms with van der Waals surface area (Å²) in [7, 11) is 2.21. The molecule has 1 atom stereocenters. The second-order valence-corrected chi connectivity index (χ2v) is 5.36. The van der Waals surface area contributed by atoms with Gasteiger partial charge in [0.2, 0.25) is 0 Å². The largest absolute Gasteiger partial charge is 0.397 e. The van der Waals surface area contributed by atoms with Crippen molar-refractivity contribution in [2.45, 2.75) is 26.2 Å². The molecule has 4 heteroatoms. The molecule has 0 amide bonds. The summed E-state index contributed by atoms with van der Waals surface area (Å²) < 4.78 is 0. The average molecular weight is 248 g/mol. The third-order valence-corrected chi connectivity index (χ3v) is 3.71. The third kappa shape index (κ3) is 3.60. The van der Waals surface area contributed by atoms with Crippen LogP contribution in [0.2, 0.25) is 0 Å². The minimum atomic E-state index is 0.759. The summed E-state index contributed by atoms with van der Waals surface area (Å²) in [5, 5.41) is 3.39. The van der Waals surface area contributed by atoms with Crippen molar-refractivity contribution in [2.24, 2.45) is 5.92 Å². The number of hydrogen-bond acceptors (Lipinski definition) is 4. The molecule has 0 spiro atoms. The number of hydrogen-bond donors (Lipinski definition) is 2. The molecule has 0 aromatic carbocycles. The molecule has 3 N–H and O–H groups in total. The number of aromatic nitrogens is 1. The highest BCUT2D eigenvalue weighted by Gasteiger charge is 2.16. The van der Waals surface area contributed by atoms with E-state index in [0.717, 1.165) is 29.7 Å². The lowest BCUT2D eigenvalue weighted by atomic mass is 9.95. The summed E-state index contributed by atoms with van der Waals surface area (Å²) in [6.45, 7) is 5.42. The Morgan fingerprint density at radius 2 is 2.33 bits per heavy atom. The van der Waals surface area contributed by atoms with Crippen molar-refractivity contribution in [1.29, 1.82) is 0 Å². The first-order valence-electron chi connectivity index (χ1n) is 6.80. The number of nitrogens with zero attached hydrogens (tertiary/aromatic N) is 2. The molecular weight excluding hydrogens is 224 g/mol. The predicted octanol–water partition coefficient (Wildman–Crippen LogP) is 2.12. The molecule has 0 bridgehead atoms. The number of nitrogens with one attached hydrogen (secondary N) is 1.